The molecule has 0 heterocycles. The summed E-state index contributed by atoms with van der Waals surface area (Å²) in [5.41, 5.74) is 0.857. The highest BCUT2D eigenvalue weighted by Crippen LogP contribution is 2.07. The SMILES string of the molecule is CCCCN(CCC)C(=O)Nc1ccccc1. The van der Waals surface area contributed by atoms with Crippen LogP contribution in [0.1, 0.15) is 33.1 Å². The highest BCUT2D eigenvalue weighted by molar-refractivity contribution is 5.89. The third kappa shape index (κ3) is 4.89. The molecule has 0 fully saturated rings. The van der Waals surface area contributed by atoms with Crippen LogP contribution in [-0.2, 0) is 0 Å². The van der Waals surface area contributed by atoms with Crippen LogP contribution >= 0.6 is 0 Å². The van der Waals surface area contributed by atoms with Gasteiger partial charge in [-0.3, -0.25) is 0 Å². The monoisotopic (exact) mass is 234 g/mol. The first-order chi connectivity index (χ1) is 8.27. The van der Waals surface area contributed by atoms with E-state index in [2.05, 4.69) is 19.2 Å². The first-order valence-electron chi connectivity index (χ1n) is 6.39. The molecule has 0 aliphatic carbocycles. The van der Waals surface area contributed by atoms with Gasteiger partial charge in [0.2, 0.25) is 0 Å². The van der Waals surface area contributed by atoms with E-state index < -0.39 is 0 Å². The Morgan fingerprint density at radius 1 is 1.12 bits per heavy atom. The number of urea groups is 1. The minimum atomic E-state index is 0.00602. The second-order valence-corrected chi connectivity index (χ2v) is 4.14. The topological polar surface area (TPSA) is 32.3 Å². The zero-order chi connectivity index (χ0) is 12.5. The summed E-state index contributed by atoms with van der Waals surface area (Å²) in [4.78, 5) is 13.9. The van der Waals surface area contributed by atoms with Crippen molar-refractivity contribution in [1.82, 2.24) is 4.90 Å². The number of benzene rings is 1. The van der Waals surface area contributed by atoms with E-state index in [-0.39, 0.29) is 6.03 Å². The van der Waals surface area contributed by atoms with Gasteiger partial charge in [0, 0.05) is 18.8 Å². The second kappa shape index (κ2) is 7.71. The predicted octanol–water partition coefficient (Wildman–Crippen LogP) is 3.73. The quantitative estimate of drug-likeness (QED) is 0.799. The Labute approximate surface area is 104 Å². The highest BCUT2D eigenvalue weighted by Gasteiger charge is 2.11. The zero-order valence-corrected chi connectivity index (χ0v) is 10.8. The van der Waals surface area contributed by atoms with Gasteiger partial charge in [0.15, 0.2) is 0 Å². The van der Waals surface area contributed by atoms with Crippen molar-refractivity contribution in [3.63, 3.8) is 0 Å². The summed E-state index contributed by atoms with van der Waals surface area (Å²) in [6.45, 7) is 5.88. The molecule has 3 nitrogen and oxygen atoms in total. The molecule has 1 N–H and O–H groups in total. The van der Waals surface area contributed by atoms with E-state index in [9.17, 15) is 4.79 Å². The third-order valence-electron chi connectivity index (χ3n) is 2.59. The molecule has 2 amide bonds. The van der Waals surface area contributed by atoms with E-state index in [1.165, 1.54) is 0 Å². The maximum atomic E-state index is 12.0. The third-order valence-corrected chi connectivity index (χ3v) is 2.59. The molecule has 3 heteroatoms. The van der Waals surface area contributed by atoms with Gasteiger partial charge in [-0.15, -0.1) is 0 Å². The van der Waals surface area contributed by atoms with Crippen LogP contribution in [0.5, 0.6) is 0 Å². The first kappa shape index (κ1) is 13.6. The number of hydrogen-bond acceptors (Lipinski definition) is 1. The van der Waals surface area contributed by atoms with Crippen molar-refractivity contribution in [3.05, 3.63) is 30.3 Å². The van der Waals surface area contributed by atoms with E-state index in [4.69, 9.17) is 0 Å². The fraction of sp³-hybridized carbons (Fsp3) is 0.500. The lowest BCUT2D eigenvalue weighted by atomic mass is 10.3. The standard InChI is InChI=1S/C14H22N2O/c1-3-5-12-16(11-4-2)14(17)15-13-9-7-6-8-10-13/h6-10H,3-5,11-12H2,1-2H3,(H,15,17). The molecule has 1 rings (SSSR count). The molecule has 0 saturated carbocycles. The summed E-state index contributed by atoms with van der Waals surface area (Å²) < 4.78 is 0. The van der Waals surface area contributed by atoms with Crippen LogP contribution in [0.4, 0.5) is 10.5 Å². The molecule has 0 aliphatic heterocycles. The van der Waals surface area contributed by atoms with Crippen LogP contribution in [-0.4, -0.2) is 24.0 Å². The molecular weight excluding hydrogens is 212 g/mol. The lowest BCUT2D eigenvalue weighted by molar-refractivity contribution is 0.211. The Bertz CT molecular complexity index is 324. The molecule has 0 spiro atoms. The van der Waals surface area contributed by atoms with Crippen LogP contribution in [0.3, 0.4) is 0 Å². The summed E-state index contributed by atoms with van der Waals surface area (Å²) in [6, 6.07) is 9.60. The fourth-order valence-electron chi connectivity index (χ4n) is 1.66. The Hall–Kier alpha value is -1.51. The minimum Gasteiger partial charge on any atom is -0.325 e. The number of hydrogen-bond donors (Lipinski definition) is 1. The molecular formula is C14H22N2O. The van der Waals surface area contributed by atoms with Gasteiger partial charge < -0.3 is 10.2 Å². The Balaban J connectivity index is 2.52. The maximum Gasteiger partial charge on any atom is 0.321 e. The molecule has 1 aromatic rings. The predicted molar refractivity (Wildman–Crippen MR) is 72.2 cm³/mol. The van der Waals surface area contributed by atoms with Crippen molar-refractivity contribution in [2.45, 2.75) is 33.1 Å². The zero-order valence-electron chi connectivity index (χ0n) is 10.8. The van der Waals surface area contributed by atoms with Crippen molar-refractivity contribution in [3.8, 4) is 0 Å². The van der Waals surface area contributed by atoms with Gasteiger partial charge in [0.1, 0.15) is 0 Å². The Morgan fingerprint density at radius 3 is 2.41 bits per heavy atom. The Morgan fingerprint density at radius 2 is 1.82 bits per heavy atom. The maximum absolute atomic E-state index is 12.0. The number of nitrogens with one attached hydrogen (secondary N) is 1. The molecule has 0 saturated heterocycles. The number of carbonyl (C=O) groups is 1. The van der Waals surface area contributed by atoms with Gasteiger partial charge in [-0.25, -0.2) is 4.79 Å². The molecule has 1 aromatic carbocycles. The van der Waals surface area contributed by atoms with Gasteiger partial charge in [-0.2, -0.15) is 0 Å². The smallest absolute Gasteiger partial charge is 0.321 e. The van der Waals surface area contributed by atoms with E-state index in [1.54, 1.807) is 0 Å². The molecule has 0 bridgehead atoms. The molecule has 0 radical (unpaired) electrons. The summed E-state index contributed by atoms with van der Waals surface area (Å²) in [6.07, 6.45) is 3.16. The summed E-state index contributed by atoms with van der Waals surface area (Å²) in [7, 11) is 0. The average molecular weight is 234 g/mol. The van der Waals surface area contributed by atoms with Gasteiger partial charge in [0.05, 0.1) is 0 Å². The fourth-order valence-corrected chi connectivity index (χ4v) is 1.66. The molecule has 0 atom stereocenters. The van der Waals surface area contributed by atoms with E-state index in [0.717, 1.165) is 38.0 Å². The van der Waals surface area contributed by atoms with E-state index in [1.807, 2.05) is 35.2 Å². The average Bonchev–Trinajstić information content (AvgIpc) is 2.35. The number of nitrogens with zero attached hydrogens (tertiary/aromatic N) is 1. The second-order valence-electron chi connectivity index (χ2n) is 4.14. The molecule has 0 unspecified atom stereocenters. The number of carbonyl (C=O) groups excluding carboxylic acids is 1. The van der Waals surface area contributed by atoms with E-state index in [0.29, 0.717) is 0 Å². The first-order valence-corrected chi connectivity index (χ1v) is 6.39. The van der Waals surface area contributed by atoms with Crippen LogP contribution in [0.25, 0.3) is 0 Å². The summed E-state index contributed by atoms with van der Waals surface area (Å²) >= 11 is 0. The Kier molecular flexibility index (Phi) is 6.15. The van der Waals surface area contributed by atoms with Crippen LogP contribution in [0.2, 0.25) is 0 Å². The molecule has 0 aromatic heterocycles. The number of rotatable bonds is 6. The summed E-state index contributed by atoms with van der Waals surface area (Å²) in [5, 5.41) is 2.92. The van der Waals surface area contributed by atoms with Crippen LogP contribution in [0.15, 0.2) is 30.3 Å². The number of para-hydroxylation sites is 1. The van der Waals surface area contributed by atoms with Gasteiger partial charge >= 0.3 is 6.03 Å². The van der Waals surface area contributed by atoms with Gasteiger partial charge in [0.25, 0.3) is 0 Å². The molecule has 94 valence electrons. The van der Waals surface area contributed by atoms with Gasteiger partial charge in [-0.05, 0) is 25.0 Å². The minimum absolute atomic E-state index is 0.00602. The summed E-state index contributed by atoms with van der Waals surface area (Å²) in [5.74, 6) is 0. The largest absolute Gasteiger partial charge is 0.325 e. The molecule has 17 heavy (non-hydrogen) atoms. The van der Waals surface area contributed by atoms with Crippen LogP contribution in [0, 0.1) is 0 Å². The lowest BCUT2D eigenvalue weighted by Gasteiger charge is -2.22. The van der Waals surface area contributed by atoms with Crippen molar-refractivity contribution in [2.24, 2.45) is 0 Å². The normalized spacial score (nSPS) is 10.0. The number of amides is 2. The van der Waals surface area contributed by atoms with Crippen molar-refractivity contribution in [2.75, 3.05) is 18.4 Å². The highest BCUT2D eigenvalue weighted by atomic mass is 16.2. The van der Waals surface area contributed by atoms with Gasteiger partial charge in [-0.1, -0.05) is 38.5 Å². The lowest BCUT2D eigenvalue weighted by Crippen LogP contribution is -2.36. The van der Waals surface area contributed by atoms with Crippen molar-refractivity contribution < 1.29 is 4.79 Å². The number of unbranched alkanes of at least 4 members (excludes halogenated alkanes) is 1. The molecule has 0 aliphatic rings. The van der Waals surface area contributed by atoms with Crippen molar-refractivity contribution in [1.29, 1.82) is 0 Å². The van der Waals surface area contributed by atoms with Crippen molar-refractivity contribution >= 4 is 11.7 Å². The number of anilines is 1. The van der Waals surface area contributed by atoms with Crippen LogP contribution < -0.4 is 5.32 Å². The van der Waals surface area contributed by atoms with E-state index >= 15 is 0 Å².